The molecule has 0 unspecified atom stereocenters. The number of fused-ring (bicyclic) bond motifs is 1. The summed E-state index contributed by atoms with van der Waals surface area (Å²) in [7, 11) is 0. The second-order valence-electron chi connectivity index (χ2n) is 5.78. The van der Waals surface area contributed by atoms with E-state index < -0.39 is 0 Å². The number of hydrogen-bond donors (Lipinski definition) is 1. The number of rotatable bonds is 8. The molecule has 23 heavy (non-hydrogen) atoms. The molecule has 0 saturated heterocycles. The van der Waals surface area contributed by atoms with Crippen LogP contribution in [0.4, 0.5) is 5.69 Å². The van der Waals surface area contributed by atoms with Gasteiger partial charge in [0.1, 0.15) is 0 Å². The van der Waals surface area contributed by atoms with Gasteiger partial charge in [-0.05, 0) is 19.8 Å². The van der Waals surface area contributed by atoms with Gasteiger partial charge in [-0.3, -0.25) is 4.79 Å². The van der Waals surface area contributed by atoms with Gasteiger partial charge in [-0.15, -0.1) is 0 Å². The quantitative estimate of drug-likeness (QED) is 0.759. The Labute approximate surface area is 137 Å². The Bertz CT molecular complexity index is 664. The third kappa shape index (κ3) is 3.63. The van der Waals surface area contributed by atoms with Gasteiger partial charge in [0.2, 0.25) is 0 Å². The van der Waals surface area contributed by atoms with Crippen LogP contribution in [0.15, 0.2) is 12.4 Å². The van der Waals surface area contributed by atoms with Crippen molar-refractivity contribution < 1.29 is 4.79 Å². The van der Waals surface area contributed by atoms with E-state index in [0.717, 1.165) is 49.8 Å². The lowest BCUT2D eigenvalue weighted by molar-refractivity contribution is 0.0765. The van der Waals surface area contributed by atoms with Crippen molar-refractivity contribution in [3.8, 4) is 0 Å². The lowest BCUT2D eigenvalue weighted by Crippen LogP contribution is -2.32. The minimum Gasteiger partial charge on any atom is -0.397 e. The zero-order valence-corrected chi connectivity index (χ0v) is 14.4. The molecule has 2 N–H and O–H groups in total. The number of aromatic nitrogens is 3. The first-order chi connectivity index (χ1) is 11.1. The highest BCUT2D eigenvalue weighted by Gasteiger charge is 2.19. The second-order valence-corrected chi connectivity index (χ2v) is 5.78. The molecule has 2 aromatic rings. The summed E-state index contributed by atoms with van der Waals surface area (Å²) in [5, 5.41) is 5.14. The van der Waals surface area contributed by atoms with Gasteiger partial charge in [0.15, 0.2) is 5.65 Å². The number of anilines is 1. The van der Waals surface area contributed by atoms with Crippen molar-refractivity contribution in [3.05, 3.63) is 18.0 Å². The average Bonchev–Trinajstić information content (AvgIpc) is 2.97. The second kappa shape index (κ2) is 7.94. The Balaban J connectivity index is 2.30. The lowest BCUT2D eigenvalue weighted by Gasteiger charge is -2.20. The molecule has 0 aromatic carbocycles. The fraction of sp³-hybridized carbons (Fsp3) is 0.588. The standard InChI is InChI=1S/C17H27N5O/c1-4-7-8-10-22-16-13(12-20-22)15(18)14(11-19-16)17(23)21(6-3)9-5-2/h11-12H,4-10H2,1-3H3,(H2,18,19). The van der Waals surface area contributed by atoms with Crippen LogP contribution in [-0.4, -0.2) is 38.7 Å². The molecule has 0 aliphatic heterocycles. The van der Waals surface area contributed by atoms with E-state index in [9.17, 15) is 4.79 Å². The lowest BCUT2D eigenvalue weighted by atomic mass is 10.1. The number of hydrogen-bond acceptors (Lipinski definition) is 4. The first-order valence-electron chi connectivity index (χ1n) is 8.53. The molecular formula is C17H27N5O. The number of nitrogen functional groups attached to an aromatic ring is 1. The Kier molecular flexibility index (Phi) is 5.96. The van der Waals surface area contributed by atoms with Crippen LogP contribution in [-0.2, 0) is 6.54 Å². The summed E-state index contributed by atoms with van der Waals surface area (Å²) in [5.74, 6) is -0.0556. The number of carbonyl (C=O) groups excluding carboxylic acids is 1. The van der Waals surface area contributed by atoms with Gasteiger partial charge in [0.05, 0.1) is 22.8 Å². The minimum absolute atomic E-state index is 0.0556. The van der Waals surface area contributed by atoms with E-state index in [0.29, 0.717) is 17.8 Å². The molecule has 2 rings (SSSR count). The third-order valence-electron chi connectivity index (χ3n) is 4.07. The van der Waals surface area contributed by atoms with Crippen molar-refractivity contribution in [2.75, 3.05) is 18.8 Å². The molecule has 0 radical (unpaired) electrons. The first kappa shape index (κ1) is 17.2. The number of amides is 1. The SMILES string of the molecule is CCCCCn1ncc2c(N)c(C(=O)N(CC)CCC)cnc21. The van der Waals surface area contributed by atoms with E-state index in [1.54, 1.807) is 17.3 Å². The van der Waals surface area contributed by atoms with Gasteiger partial charge in [-0.25, -0.2) is 9.67 Å². The van der Waals surface area contributed by atoms with Crippen LogP contribution in [0.2, 0.25) is 0 Å². The van der Waals surface area contributed by atoms with Gasteiger partial charge in [-0.2, -0.15) is 5.10 Å². The van der Waals surface area contributed by atoms with E-state index in [-0.39, 0.29) is 5.91 Å². The van der Waals surface area contributed by atoms with Crippen LogP contribution in [0, 0.1) is 0 Å². The molecule has 126 valence electrons. The molecule has 0 saturated carbocycles. The predicted octanol–water partition coefficient (Wildman–Crippen LogP) is 3.08. The van der Waals surface area contributed by atoms with Crippen molar-refractivity contribution in [2.45, 2.75) is 53.0 Å². The van der Waals surface area contributed by atoms with Gasteiger partial charge >= 0.3 is 0 Å². The largest absolute Gasteiger partial charge is 0.397 e. The Morgan fingerprint density at radius 3 is 2.65 bits per heavy atom. The van der Waals surface area contributed by atoms with E-state index in [1.807, 2.05) is 11.6 Å². The normalized spacial score (nSPS) is 11.1. The number of nitrogens with zero attached hydrogens (tertiary/aromatic N) is 4. The van der Waals surface area contributed by atoms with Crippen LogP contribution in [0.3, 0.4) is 0 Å². The number of pyridine rings is 1. The Hall–Kier alpha value is -2.11. The molecular weight excluding hydrogens is 290 g/mol. The third-order valence-corrected chi connectivity index (χ3v) is 4.07. The summed E-state index contributed by atoms with van der Waals surface area (Å²) in [5.41, 5.74) is 7.95. The summed E-state index contributed by atoms with van der Waals surface area (Å²) in [6, 6.07) is 0. The van der Waals surface area contributed by atoms with Crippen molar-refractivity contribution in [2.24, 2.45) is 0 Å². The molecule has 0 atom stereocenters. The monoisotopic (exact) mass is 317 g/mol. The van der Waals surface area contributed by atoms with Crippen LogP contribution in [0.1, 0.15) is 56.8 Å². The molecule has 6 heteroatoms. The van der Waals surface area contributed by atoms with Crippen LogP contribution < -0.4 is 5.73 Å². The fourth-order valence-corrected chi connectivity index (χ4v) is 2.73. The zero-order chi connectivity index (χ0) is 16.8. The average molecular weight is 317 g/mol. The molecule has 0 bridgehead atoms. The van der Waals surface area contributed by atoms with Crippen molar-refractivity contribution in [3.63, 3.8) is 0 Å². The number of aryl methyl sites for hydroxylation is 1. The highest BCUT2D eigenvalue weighted by atomic mass is 16.2. The van der Waals surface area contributed by atoms with Crippen LogP contribution in [0.5, 0.6) is 0 Å². The van der Waals surface area contributed by atoms with Gasteiger partial charge in [0.25, 0.3) is 5.91 Å². The smallest absolute Gasteiger partial charge is 0.257 e. The summed E-state index contributed by atoms with van der Waals surface area (Å²) >= 11 is 0. The van der Waals surface area contributed by atoms with E-state index >= 15 is 0 Å². The number of unbranched alkanes of at least 4 members (excludes halogenated alkanes) is 2. The molecule has 0 fully saturated rings. The summed E-state index contributed by atoms with van der Waals surface area (Å²) in [6.07, 6.45) is 7.63. The predicted molar refractivity (Wildman–Crippen MR) is 93.3 cm³/mol. The summed E-state index contributed by atoms with van der Waals surface area (Å²) in [6.45, 7) is 8.42. The zero-order valence-electron chi connectivity index (χ0n) is 14.4. The fourth-order valence-electron chi connectivity index (χ4n) is 2.73. The van der Waals surface area contributed by atoms with E-state index in [4.69, 9.17) is 5.73 Å². The molecule has 2 aromatic heterocycles. The Morgan fingerprint density at radius 2 is 2.00 bits per heavy atom. The molecule has 0 aliphatic carbocycles. The van der Waals surface area contributed by atoms with E-state index in [1.165, 1.54) is 0 Å². The number of carbonyl (C=O) groups is 1. The van der Waals surface area contributed by atoms with Crippen molar-refractivity contribution in [1.29, 1.82) is 0 Å². The maximum Gasteiger partial charge on any atom is 0.257 e. The number of nitrogens with two attached hydrogens (primary N) is 1. The molecule has 6 nitrogen and oxygen atoms in total. The molecule has 0 spiro atoms. The summed E-state index contributed by atoms with van der Waals surface area (Å²) in [4.78, 5) is 18.9. The Morgan fingerprint density at radius 1 is 1.22 bits per heavy atom. The minimum atomic E-state index is -0.0556. The van der Waals surface area contributed by atoms with E-state index in [2.05, 4.69) is 23.9 Å². The first-order valence-corrected chi connectivity index (χ1v) is 8.53. The maximum atomic E-state index is 12.6. The van der Waals surface area contributed by atoms with Crippen molar-refractivity contribution >= 4 is 22.6 Å². The van der Waals surface area contributed by atoms with Gasteiger partial charge in [-0.1, -0.05) is 26.7 Å². The summed E-state index contributed by atoms with van der Waals surface area (Å²) < 4.78 is 1.87. The van der Waals surface area contributed by atoms with Crippen LogP contribution in [0.25, 0.3) is 11.0 Å². The van der Waals surface area contributed by atoms with Gasteiger partial charge in [0, 0.05) is 25.8 Å². The highest BCUT2D eigenvalue weighted by Crippen LogP contribution is 2.24. The maximum absolute atomic E-state index is 12.6. The highest BCUT2D eigenvalue weighted by molar-refractivity contribution is 6.05. The molecule has 1 amide bonds. The van der Waals surface area contributed by atoms with Crippen molar-refractivity contribution in [1.82, 2.24) is 19.7 Å². The molecule has 0 aliphatic rings. The topological polar surface area (TPSA) is 77.0 Å². The van der Waals surface area contributed by atoms with Crippen LogP contribution >= 0.6 is 0 Å². The van der Waals surface area contributed by atoms with Gasteiger partial charge < -0.3 is 10.6 Å². The molecule has 2 heterocycles.